The monoisotopic (exact) mass is 497 g/mol. The van der Waals surface area contributed by atoms with Crippen LogP contribution in [0.4, 0.5) is 19.0 Å². The molecule has 0 radical (unpaired) electrons. The zero-order valence-corrected chi connectivity index (χ0v) is 20.6. The minimum atomic E-state index is -4.47. The number of nitrogens with zero attached hydrogens (tertiary/aromatic N) is 3. The van der Waals surface area contributed by atoms with Gasteiger partial charge in [-0.2, -0.15) is 13.2 Å². The Morgan fingerprint density at radius 2 is 1.72 bits per heavy atom. The minimum absolute atomic E-state index is 0.0104. The molecule has 0 fully saturated rings. The van der Waals surface area contributed by atoms with Crippen molar-refractivity contribution < 1.29 is 18.0 Å². The van der Waals surface area contributed by atoms with Gasteiger partial charge in [-0.3, -0.25) is 4.79 Å². The molecule has 0 bridgehead atoms. The van der Waals surface area contributed by atoms with Gasteiger partial charge in [0.05, 0.1) is 23.1 Å². The van der Waals surface area contributed by atoms with Gasteiger partial charge in [0.15, 0.2) is 5.65 Å². The van der Waals surface area contributed by atoms with Crippen molar-refractivity contribution in [3.05, 3.63) is 65.2 Å². The van der Waals surface area contributed by atoms with Crippen molar-refractivity contribution in [1.29, 1.82) is 0 Å². The summed E-state index contributed by atoms with van der Waals surface area (Å²) in [7, 11) is 0. The van der Waals surface area contributed by atoms with Crippen molar-refractivity contribution in [2.45, 2.75) is 58.8 Å². The van der Waals surface area contributed by atoms with Gasteiger partial charge in [-0.25, -0.2) is 9.97 Å². The van der Waals surface area contributed by atoms with Gasteiger partial charge in [-0.1, -0.05) is 51.0 Å². The number of carbonyl (C=O) groups excluding carboxylic acids is 1. The van der Waals surface area contributed by atoms with Crippen molar-refractivity contribution >= 4 is 33.9 Å². The lowest BCUT2D eigenvalue weighted by Crippen LogP contribution is -2.33. The van der Waals surface area contributed by atoms with Gasteiger partial charge in [0.25, 0.3) is 5.91 Å². The number of fused-ring (bicyclic) bond motifs is 2. The van der Waals surface area contributed by atoms with E-state index in [4.69, 9.17) is 5.73 Å². The van der Waals surface area contributed by atoms with E-state index in [-0.39, 0.29) is 29.9 Å². The predicted octanol–water partition coefficient (Wildman–Crippen LogP) is 6.18. The number of nitrogens with two attached hydrogens (primary N) is 1. The highest BCUT2D eigenvalue weighted by Gasteiger charge is 2.31. The molecule has 2 aromatic carbocycles. The fourth-order valence-corrected chi connectivity index (χ4v) is 4.33. The zero-order chi connectivity index (χ0) is 26.0. The molecule has 0 aliphatic rings. The maximum atomic E-state index is 13.4. The smallest absolute Gasteiger partial charge is 0.384 e. The Morgan fingerprint density at radius 3 is 2.39 bits per heavy atom. The average molecular weight is 498 g/mol. The van der Waals surface area contributed by atoms with Gasteiger partial charge in [0, 0.05) is 6.04 Å². The Bertz CT molecular complexity index is 1390. The van der Waals surface area contributed by atoms with E-state index in [1.165, 1.54) is 6.07 Å². The van der Waals surface area contributed by atoms with Crippen LogP contribution in [0.2, 0.25) is 0 Å². The second-order valence-corrected chi connectivity index (χ2v) is 9.63. The lowest BCUT2D eigenvalue weighted by molar-refractivity contribution is -0.137. The Hall–Kier alpha value is -3.62. The first-order valence-electron chi connectivity index (χ1n) is 12.1. The van der Waals surface area contributed by atoms with E-state index < -0.39 is 11.7 Å². The number of benzene rings is 2. The van der Waals surface area contributed by atoms with Crippen LogP contribution in [0.3, 0.4) is 0 Å². The van der Waals surface area contributed by atoms with Crippen molar-refractivity contribution in [2.75, 3.05) is 5.73 Å². The lowest BCUT2D eigenvalue weighted by atomic mass is 10.0. The Kier molecular flexibility index (Phi) is 7.19. The first kappa shape index (κ1) is 25.5. The maximum absolute atomic E-state index is 13.4. The molecule has 1 atom stereocenters. The van der Waals surface area contributed by atoms with Crippen LogP contribution in [0.15, 0.2) is 48.5 Å². The van der Waals surface area contributed by atoms with E-state index in [0.717, 1.165) is 31.4 Å². The predicted molar refractivity (Wildman–Crippen MR) is 136 cm³/mol. The summed E-state index contributed by atoms with van der Waals surface area (Å²) in [5, 5.41) is 3.01. The Labute approximate surface area is 207 Å². The van der Waals surface area contributed by atoms with Crippen molar-refractivity contribution in [1.82, 2.24) is 19.9 Å². The maximum Gasteiger partial charge on any atom is 0.416 e. The molecule has 0 aliphatic heterocycles. The number of hydrogen-bond acceptors (Lipinski definition) is 4. The van der Waals surface area contributed by atoms with E-state index in [1.807, 2.05) is 19.1 Å². The molecule has 4 rings (SSSR count). The number of rotatable bonds is 8. The van der Waals surface area contributed by atoms with E-state index in [1.54, 1.807) is 22.8 Å². The number of halogens is 3. The molecular weight excluding hydrogens is 467 g/mol. The number of carbonyl (C=O) groups is 1. The molecule has 2 aromatic heterocycles. The summed E-state index contributed by atoms with van der Waals surface area (Å²) in [5.41, 5.74) is 8.16. The van der Waals surface area contributed by atoms with Crippen LogP contribution in [-0.4, -0.2) is 26.5 Å². The Morgan fingerprint density at radius 1 is 1.03 bits per heavy atom. The van der Waals surface area contributed by atoms with Gasteiger partial charge in [0.1, 0.15) is 16.9 Å². The number of nitrogens with one attached hydrogen (secondary N) is 1. The number of alkyl halides is 3. The highest BCUT2D eigenvalue weighted by atomic mass is 19.4. The number of nitrogen functional groups attached to an aromatic ring is 1. The molecule has 3 N–H and O–H groups in total. The van der Waals surface area contributed by atoms with Crippen molar-refractivity contribution in [2.24, 2.45) is 5.92 Å². The summed E-state index contributed by atoms with van der Waals surface area (Å²) in [4.78, 5) is 22.7. The van der Waals surface area contributed by atoms with Crippen LogP contribution in [0.5, 0.6) is 0 Å². The minimum Gasteiger partial charge on any atom is -0.384 e. The third-order valence-electron chi connectivity index (χ3n) is 6.21. The molecule has 0 spiro atoms. The standard InChI is InChI=1S/C27H30F3N5O/c1-16(2)8-6-9-17(3)32-26(36)22-23-25(34-21-13-5-4-12-20(21)33-23)35(24(22)31)15-18-10-7-11-19(14-18)27(28,29)30/h4-5,7,10-14,16-17H,6,8-9,15,31H2,1-3H3,(H,32,36)/t17-/m1/s1. The summed E-state index contributed by atoms with van der Waals surface area (Å²) in [6.07, 6.45) is -1.60. The summed E-state index contributed by atoms with van der Waals surface area (Å²) < 4.78 is 41.4. The average Bonchev–Trinajstić information content (AvgIpc) is 3.07. The number of amides is 1. The molecule has 4 aromatic rings. The Balaban J connectivity index is 1.75. The van der Waals surface area contributed by atoms with Crippen LogP contribution in [-0.2, 0) is 12.7 Å². The van der Waals surface area contributed by atoms with Gasteiger partial charge < -0.3 is 15.6 Å². The molecule has 9 heteroatoms. The van der Waals surface area contributed by atoms with Crippen LogP contribution >= 0.6 is 0 Å². The molecule has 0 unspecified atom stereocenters. The zero-order valence-electron chi connectivity index (χ0n) is 20.6. The number of anilines is 1. The molecule has 0 saturated carbocycles. The van der Waals surface area contributed by atoms with E-state index in [9.17, 15) is 18.0 Å². The third kappa shape index (κ3) is 5.45. The normalized spacial score (nSPS) is 13.0. The second-order valence-electron chi connectivity index (χ2n) is 9.63. The SMILES string of the molecule is CC(C)CCC[C@@H](C)NC(=O)c1c(N)n(Cc2cccc(C(F)(F)F)c2)c2nc3ccccc3nc12. The van der Waals surface area contributed by atoms with Gasteiger partial charge in [0.2, 0.25) is 0 Å². The topological polar surface area (TPSA) is 85.8 Å². The van der Waals surface area contributed by atoms with Gasteiger partial charge in [-0.15, -0.1) is 0 Å². The molecule has 0 aliphatic carbocycles. The lowest BCUT2D eigenvalue weighted by Gasteiger charge is -2.15. The molecule has 2 heterocycles. The van der Waals surface area contributed by atoms with E-state index in [2.05, 4.69) is 29.1 Å². The van der Waals surface area contributed by atoms with E-state index in [0.29, 0.717) is 33.7 Å². The number of aromatic nitrogens is 3. The first-order chi connectivity index (χ1) is 17.0. The fraction of sp³-hybridized carbons (Fsp3) is 0.370. The number of para-hydroxylation sites is 2. The quantitative estimate of drug-likeness (QED) is 0.304. The van der Waals surface area contributed by atoms with Crippen LogP contribution in [0.25, 0.3) is 22.2 Å². The molecule has 190 valence electrons. The fourth-order valence-electron chi connectivity index (χ4n) is 4.33. The summed E-state index contributed by atoms with van der Waals surface area (Å²) in [6, 6.07) is 12.2. The van der Waals surface area contributed by atoms with Crippen molar-refractivity contribution in [3.63, 3.8) is 0 Å². The van der Waals surface area contributed by atoms with E-state index >= 15 is 0 Å². The second kappa shape index (κ2) is 10.2. The molecule has 6 nitrogen and oxygen atoms in total. The van der Waals surface area contributed by atoms with Gasteiger partial charge in [-0.05, 0) is 49.1 Å². The molecule has 1 amide bonds. The molecule has 0 saturated heterocycles. The van der Waals surface area contributed by atoms with Crippen molar-refractivity contribution in [3.8, 4) is 0 Å². The highest BCUT2D eigenvalue weighted by Crippen LogP contribution is 2.32. The molecule has 36 heavy (non-hydrogen) atoms. The summed E-state index contributed by atoms with van der Waals surface area (Å²) in [5.74, 6) is 0.326. The third-order valence-corrected chi connectivity index (χ3v) is 6.21. The van der Waals surface area contributed by atoms with Crippen LogP contribution in [0, 0.1) is 5.92 Å². The molecular formula is C27H30F3N5O. The van der Waals surface area contributed by atoms with Crippen LogP contribution < -0.4 is 11.1 Å². The largest absolute Gasteiger partial charge is 0.416 e. The summed E-state index contributed by atoms with van der Waals surface area (Å²) >= 11 is 0. The first-order valence-corrected chi connectivity index (χ1v) is 12.1. The highest BCUT2D eigenvalue weighted by molar-refractivity contribution is 6.10. The van der Waals surface area contributed by atoms with Crippen LogP contribution in [0.1, 0.15) is 61.5 Å². The summed E-state index contributed by atoms with van der Waals surface area (Å²) in [6.45, 7) is 6.27. The number of hydrogen-bond donors (Lipinski definition) is 2. The van der Waals surface area contributed by atoms with Gasteiger partial charge >= 0.3 is 6.18 Å².